The molecule has 1 N–H and O–H groups in total. The summed E-state index contributed by atoms with van der Waals surface area (Å²) < 4.78 is 5.18. The lowest BCUT2D eigenvalue weighted by Gasteiger charge is -2.21. The van der Waals surface area contributed by atoms with Crippen molar-refractivity contribution in [1.82, 2.24) is 10.2 Å². The number of nitrogens with zero attached hydrogens (tertiary/aromatic N) is 1. The average molecular weight is 290 g/mol. The van der Waals surface area contributed by atoms with E-state index in [4.69, 9.17) is 4.74 Å². The van der Waals surface area contributed by atoms with E-state index in [1.54, 1.807) is 7.11 Å². The Kier molecular flexibility index (Phi) is 6.05. The topological polar surface area (TPSA) is 41.6 Å². The van der Waals surface area contributed by atoms with E-state index in [1.807, 2.05) is 12.1 Å². The molecule has 1 fully saturated rings. The average Bonchev–Trinajstić information content (AvgIpc) is 3.32. The van der Waals surface area contributed by atoms with Gasteiger partial charge < -0.3 is 10.1 Å². The molecule has 0 aliphatic heterocycles. The molecule has 1 amide bonds. The van der Waals surface area contributed by atoms with Crippen LogP contribution >= 0.6 is 0 Å². The highest BCUT2D eigenvalue weighted by molar-refractivity contribution is 5.78. The van der Waals surface area contributed by atoms with E-state index in [2.05, 4.69) is 29.3 Å². The van der Waals surface area contributed by atoms with Gasteiger partial charge in [0.15, 0.2) is 0 Å². The van der Waals surface area contributed by atoms with Crippen LogP contribution in [0, 0.1) is 0 Å². The quantitative estimate of drug-likeness (QED) is 0.711. The van der Waals surface area contributed by atoms with Crippen LogP contribution in [0.3, 0.4) is 0 Å². The monoisotopic (exact) mass is 290 g/mol. The molecule has 0 spiro atoms. The highest BCUT2D eigenvalue weighted by Crippen LogP contribution is 2.28. The first kappa shape index (κ1) is 15.8. The molecule has 1 saturated carbocycles. The molecule has 1 aliphatic carbocycles. The smallest absolute Gasteiger partial charge is 0.234 e. The van der Waals surface area contributed by atoms with Crippen molar-refractivity contribution in [3.63, 3.8) is 0 Å². The molecule has 0 unspecified atom stereocenters. The summed E-state index contributed by atoms with van der Waals surface area (Å²) >= 11 is 0. The van der Waals surface area contributed by atoms with Crippen LogP contribution in [0.25, 0.3) is 0 Å². The van der Waals surface area contributed by atoms with Gasteiger partial charge in [0.25, 0.3) is 0 Å². The number of nitrogens with one attached hydrogen (secondary N) is 1. The molecule has 1 aromatic rings. The fraction of sp³-hybridized carbons (Fsp3) is 0.588. The van der Waals surface area contributed by atoms with E-state index in [9.17, 15) is 4.79 Å². The van der Waals surface area contributed by atoms with Crippen LogP contribution in [-0.4, -0.2) is 37.0 Å². The molecule has 0 bridgehead atoms. The number of carbonyl (C=O) groups excluding carboxylic acids is 1. The minimum atomic E-state index is 0.142. The Labute approximate surface area is 127 Å². The maximum Gasteiger partial charge on any atom is 0.234 e. The van der Waals surface area contributed by atoms with E-state index < -0.39 is 0 Å². The Morgan fingerprint density at radius 2 is 2.05 bits per heavy atom. The fourth-order valence-corrected chi connectivity index (χ4v) is 2.36. The molecule has 1 aliphatic rings. The summed E-state index contributed by atoms with van der Waals surface area (Å²) in [4.78, 5) is 14.3. The third kappa shape index (κ3) is 5.38. The summed E-state index contributed by atoms with van der Waals surface area (Å²) in [5.41, 5.74) is 1.23. The highest BCUT2D eigenvalue weighted by Gasteiger charge is 2.30. The SMILES string of the molecule is CCCCNC(=O)CN(Cc1ccc(OC)cc1)C1CC1. The summed E-state index contributed by atoms with van der Waals surface area (Å²) in [6.45, 7) is 4.25. The maximum atomic E-state index is 12.0. The third-order valence-corrected chi connectivity index (χ3v) is 3.81. The zero-order valence-electron chi connectivity index (χ0n) is 13.1. The number of hydrogen-bond donors (Lipinski definition) is 1. The van der Waals surface area contributed by atoms with Gasteiger partial charge in [-0.15, -0.1) is 0 Å². The Morgan fingerprint density at radius 3 is 2.62 bits per heavy atom. The fourth-order valence-electron chi connectivity index (χ4n) is 2.36. The van der Waals surface area contributed by atoms with Crippen molar-refractivity contribution in [3.05, 3.63) is 29.8 Å². The van der Waals surface area contributed by atoms with Crippen LogP contribution in [0.2, 0.25) is 0 Å². The van der Waals surface area contributed by atoms with Gasteiger partial charge in [0.2, 0.25) is 5.91 Å². The van der Waals surface area contributed by atoms with Crippen molar-refractivity contribution in [2.75, 3.05) is 20.2 Å². The minimum Gasteiger partial charge on any atom is -0.497 e. The Balaban J connectivity index is 1.85. The van der Waals surface area contributed by atoms with Crippen molar-refractivity contribution < 1.29 is 9.53 Å². The number of methoxy groups -OCH3 is 1. The lowest BCUT2D eigenvalue weighted by atomic mass is 10.2. The number of hydrogen-bond acceptors (Lipinski definition) is 3. The van der Waals surface area contributed by atoms with Gasteiger partial charge in [0.1, 0.15) is 5.75 Å². The molecule has 4 nitrogen and oxygen atoms in total. The van der Waals surface area contributed by atoms with Crippen LogP contribution in [0.1, 0.15) is 38.2 Å². The van der Waals surface area contributed by atoms with Gasteiger partial charge in [-0.05, 0) is 37.0 Å². The number of unbranched alkanes of at least 4 members (excludes halogenated alkanes) is 1. The molecule has 4 heteroatoms. The molecular formula is C17H26N2O2. The molecule has 0 heterocycles. The second-order valence-corrected chi connectivity index (χ2v) is 5.69. The van der Waals surface area contributed by atoms with Crippen molar-refractivity contribution in [1.29, 1.82) is 0 Å². The van der Waals surface area contributed by atoms with Gasteiger partial charge in [0.05, 0.1) is 13.7 Å². The maximum absolute atomic E-state index is 12.0. The largest absolute Gasteiger partial charge is 0.497 e. The molecule has 0 atom stereocenters. The van der Waals surface area contributed by atoms with Gasteiger partial charge in [-0.1, -0.05) is 25.5 Å². The molecule has 21 heavy (non-hydrogen) atoms. The Hall–Kier alpha value is -1.55. The molecule has 0 saturated heterocycles. The molecule has 116 valence electrons. The van der Waals surface area contributed by atoms with Crippen LogP contribution in [0.5, 0.6) is 5.75 Å². The number of amides is 1. The summed E-state index contributed by atoms with van der Waals surface area (Å²) in [5, 5.41) is 3.00. The van der Waals surface area contributed by atoms with Crippen LogP contribution in [0.15, 0.2) is 24.3 Å². The normalized spacial score (nSPS) is 14.2. The summed E-state index contributed by atoms with van der Waals surface area (Å²) in [6.07, 6.45) is 4.57. The molecule has 1 aromatic carbocycles. The summed E-state index contributed by atoms with van der Waals surface area (Å²) in [6, 6.07) is 8.67. The van der Waals surface area contributed by atoms with Crippen molar-refractivity contribution in [3.8, 4) is 5.75 Å². The Bertz CT molecular complexity index is 441. The zero-order valence-corrected chi connectivity index (χ0v) is 13.1. The van der Waals surface area contributed by atoms with Gasteiger partial charge in [-0.3, -0.25) is 9.69 Å². The van der Waals surface area contributed by atoms with Gasteiger partial charge in [-0.2, -0.15) is 0 Å². The van der Waals surface area contributed by atoms with Crippen molar-refractivity contribution in [2.24, 2.45) is 0 Å². The van der Waals surface area contributed by atoms with Crippen molar-refractivity contribution in [2.45, 2.75) is 45.2 Å². The standard InChI is InChI=1S/C17H26N2O2/c1-3-4-11-18-17(20)13-19(15-7-8-15)12-14-5-9-16(21-2)10-6-14/h5-6,9-10,15H,3-4,7-8,11-13H2,1-2H3,(H,18,20). The molecule has 0 radical (unpaired) electrons. The van der Waals surface area contributed by atoms with E-state index in [-0.39, 0.29) is 5.91 Å². The van der Waals surface area contributed by atoms with Gasteiger partial charge >= 0.3 is 0 Å². The molecule has 2 rings (SSSR count). The Morgan fingerprint density at radius 1 is 1.33 bits per heavy atom. The van der Waals surface area contributed by atoms with E-state index in [1.165, 1.54) is 18.4 Å². The number of carbonyl (C=O) groups is 1. The second-order valence-electron chi connectivity index (χ2n) is 5.69. The van der Waals surface area contributed by atoms with Crippen LogP contribution in [-0.2, 0) is 11.3 Å². The summed E-state index contributed by atoms with van der Waals surface area (Å²) in [7, 11) is 1.67. The predicted molar refractivity (Wildman–Crippen MR) is 84.3 cm³/mol. The first-order valence-electron chi connectivity index (χ1n) is 7.86. The highest BCUT2D eigenvalue weighted by atomic mass is 16.5. The number of benzene rings is 1. The second kappa shape index (κ2) is 8.03. The van der Waals surface area contributed by atoms with Crippen molar-refractivity contribution >= 4 is 5.91 Å². The molecular weight excluding hydrogens is 264 g/mol. The third-order valence-electron chi connectivity index (χ3n) is 3.81. The van der Waals surface area contributed by atoms with Crippen LogP contribution in [0.4, 0.5) is 0 Å². The lowest BCUT2D eigenvalue weighted by molar-refractivity contribution is -0.122. The van der Waals surface area contributed by atoms with Gasteiger partial charge in [-0.25, -0.2) is 0 Å². The lowest BCUT2D eigenvalue weighted by Crippen LogP contribution is -2.38. The van der Waals surface area contributed by atoms with Crippen LogP contribution < -0.4 is 10.1 Å². The first-order chi connectivity index (χ1) is 10.2. The minimum absolute atomic E-state index is 0.142. The van der Waals surface area contributed by atoms with E-state index in [0.29, 0.717) is 12.6 Å². The number of ether oxygens (including phenoxy) is 1. The first-order valence-corrected chi connectivity index (χ1v) is 7.86. The summed E-state index contributed by atoms with van der Waals surface area (Å²) in [5.74, 6) is 1.01. The van der Waals surface area contributed by atoms with E-state index >= 15 is 0 Å². The predicted octanol–water partition coefficient (Wildman–Crippen LogP) is 2.58. The van der Waals surface area contributed by atoms with E-state index in [0.717, 1.165) is 31.7 Å². The zero-order chi connectivity index (χ0) is 15.1. The molecule has 0 aromatic heterocycles. The van der Waals surface area contributed by atoms with Gasteiger partial charge in [0, 0.05) is 19.1 Å². The number of rotatable bonds is 9.